The molecule has 1 aromatic heterocycles. The van der Waals surface area contributed by atoms with Gasteiger partial charge >= 0.3 is 0 Å². The number of ether oxygens (including phenoxy) is 2. The van der Waals surface area contributed by atoms with Crippen LogP contribution in [0.2, 0.25) is 0 Å². The molecule has 6 nitrogen and oxygen atoms in total. The van der Waals surface area contributed by atoms with Crippen LogP contribution in [0.25, 0.3) is 11.3 Å². The normalized spacial score (nSPS) is 14.9. The minimum atomic E-state index is -4.81. The van der Waals surface area contributed by atoms with Gasteiger partial charge in [-0.3, -0.25) is 0 Å². The quantitative estimate of drug-likeness (QED) is 0.193. The molecule has 0 amide bonds. The van der Waals surface area contributed by atoms with Gasteiger partial charge in [-0.1, -0.05) is 0 Å². The minimum absolute atomic E-state index is 0.0808. The number of rotatable bonds is 6. The van der Waals surface area contributed by atoms with Crippen molar-refractivity contribution in [2.45, 2.75) is 23.0 Å². The zero-order chi connectivity index (χ0) is 25.5. The van der Waals surface area contributed by atoms with Crippen LogP contribution in [0.5, 0.6) is 11.5 Å². The van der Waals surface area contributed by atoms with Crippen LogP contribution in [0.3, 0.4) is 0 Å². The molecule has 188 valence electrons. The van der Waals surface area contributed by atoms with Crippen LogP contribution >= 0.6 is 11.3 Å². The zero-order valence-corrected chi connectivity index (χ0v) is 20.1. The van der Waals surface area contributed by atoms with Gasteiger partial charge in [0.1, 0.15) is 16.4 Å². The van der Waals surface area contributed by atoms with Crippen molar-refractivity contribution < 1.29 is 39.8 Å². The number of benzene rings is 2. The summed E-state index contributed by atoms with van der Waals surface area (Å²) >= 11 is 1.31. The Morgan fingerprint density at radius 3 is 2.11 bits per heavy atom. The topological polar surface area (TPSA) is 68.7 Å². The van der Waals surface area contributed by atoms with Crippen molar-refractivity contribution in [1.82, 2.24) is 4.98 Å². The van der Waals surface area contributed by atoms with Gasteiger partial charge in [0.2, 0.25) is 5.82 Å². The summed E-state index contributed by atoms with van der Waals surface area (Å²) in [5.41, 5.74) is 1.35. The highest BCUT2D eigenvalue weighted by atomic mass is 32.2. The van der Waals surface area contributed by atoms with Crippen LogP contribution in [0.1, 0.15) is 12.8 Å². The molecule has 0 spiro atoms. The lowest BCUT2D eigenvalue weighted by Crippen LogP contribution is -2.40. The molecule has 4 rings (SSSR count). The van der Waals surface area contributed by atoms with Crippen molar-refractivity contribution >= 4 is 26.3 Å². The summed E-state index contributed by atoms with van der Waals surface area (Å²) in [5.74, 6) is -10.5. The van der Waals surface area contributed by atoms with E-state index >= 15 is 0 Å². The molecule has 1 fully saturated rings. The number of piperidine rings is 1. The second kappa shape index (κ2) is 9.61. The van der Waals surface area contributed by atoms with E-state index in [1.165, 1.54) is 25.6 Å². The fraction of sp³-hybridized carbons (Fsp3) is 0.318. The van der Waals surface area contributed by atoms with Crippen LogP contribution in [0.15, 0.2) is 28.5 Å². The largest absolute Gasteiger partial charge is 0.497 e. The lowest BCUT2D eigenvalue weighted by Gasteiger charge is -2.31. The van der Waals surface area contributed by atoms with Crippen LogP contribution in [-0.2, 0) is 9.84 Å². The number of aromatic nitrogens is 1. The highest BCUT2D eigenvalue weighted by Crippen LogP contribution is 2.37. The molecule has 1 aliphatic rings. The smallest absolute Gasteiger partial charge is 0.200 e. The van der Waals surface area contributed by atoms with Crippen molar-refractivity contribution in [2.24, 2.45) is 0 Å². The molecular formula is C22H19F5N2O4S2. The Kier molecular flexibility index (Phi) is 6.91. The number of anilines is 1. The molecular weight excluding hydrogens is 515 g/mol. The van der Waals surface area contributed by atoms with E-state index in [0.717, 1.165) is 5.56 Å². The van der Waals surface area contributed by atoms with E-state index in [2.05, 4.69) is 4.98 Å². The van der Waals surface area contributed by atoms with E-state index in [9.17, 15) is 30.4 Å². The van der Waals surface area contributed by atoms with Crippen molar-refractivity contribution in [3.8, 4) is 22.8 Å². The van der Waals surface area contributed by atoms with Crippen LogP contribution in [-0.4, -0.2) is 46.0 Å². The number of thiazole rings is 1. The molecule has 0 unspecified atom stereocenters. The average Bonchev–Trinajstić information content (AvgIpc) is 3.36. The predicted octanol–water partition coefficient (Wildman–Crippen LogP) is 4.97. The fourth-order valence-corrected chi connectivity index (χ4v) is 6.62. The number of halogens is 5. The molecule has 13 heteroatoms. The molecule has 0 atom stereocenters. The van der Waals surface area contributed by atoms with Gasteiger partial charge in [0.05, 0.1) is 25.2 Å². The summed E-state index contributed by atoms with van der Waals surface area (Å²) in [6.45, 7) is 0.317. The average molecular weight is 535 g/mol. The third kappa shape index (κ3) is 4.42. The molecule has 0 N–H and O–H groups in total. The lowest BCUT2D eigenvalue weighted by molar-refractivity contribution is 0.356. The maximum absolute atomic E-state index is 14.1. The second-order valence-electron chi connectivity index (χ2n) is 7.71. The minimum Gasteiger partial charge on any atom is -0.497 e. The van der Waals surface area contributed by atoms with E-state index in [4.69, 9.17) is 9.47 Å². The fourth-order valence-electron chi connectivity index (χ4n) is 3.90. The maximum atomic E-state index is 14.1. The first-order valence-corrected chi connectivity index (χ1v) is 12.7. The highest BCUT2D eigenvalue weighted by molar-refractivity contribution is 7.92. The first kappa shape index (κ1) is 25.2. The van der Waals surface area contributed by atoms with Gasteiger partial charge in [0, 0.05) is 30.1 Å². The molecule has 0 bridgehead atoms. The molecule has 1 saturated heterocycles. The van der Waals surface area contributed by atoms with Gasteiger partial charge < -0.3 is 14.4 Å². The maximum Gasteiger partial charge on any atom is 0.200 e. The Hall–Kier alpha value is -2.93. The van der Waals surface area contributed by atoms with Gasteiger partial charge in [0.25, 0.3) is 0 Å². The molecule has 2 aromatic carbocycles. The summed E-state index contributed by atoms with van der Waals surface area (Å²) < 4.78 is 105. The molecule has 0 radical (unpaired) electrons. The lowest BCUT2D eigenvalue weighted by atomic mass is 10.1. The summed E-state index contributed by atoms with van der Waals surface area (Å²) in [6, 6.07) is 5.26. The summed E-state index contributed by atoms with van der Waals surface area (Å²) in [4.78, 5) is 4.61. The number of hydrogen-bond acceptors (Lipinski definition) is 7. The molecule has 3 aromatic rings. The molecule has 2 heterocycles. The highest BCUT2D eigenvalue weighted by Gasteiger charge is 2.39. The van der Waals surface area contributed by atoms with Gasteiger partial charge in [-0.05, 0) is 25.0 Å². The Balaban J connectivity index is 1.53. The summed E-state index contributed by atoms with van der Waals surface area (Å²) in [7, 11) is -1.76. The summed E-state index contributed by atoms with van der Waals surface area (Å²) in [6.07, 6.45) is -0.162. The van der Waals surface area contributed by atoms with Gasteiger partial charge in [-0.15, -0.1) is 11.3 Å². The summed E-state index contributed by atoms with van der Waals surface area (Å²) in [5, 5.41) is 1.08. The second-order valence-corrected chi connectivity index (χ2v) is 10.7. The van der Waals surface area contributed by atoms with E-state index in [0.29, 0.717) is 22.3 Å². The Morgan fingerprint density at radius 2 is 1.54 bits per heavy atom. The SMILES string of the molecule is COc1ccc(-c2csc(N3CCC(S(=O)(=O)c4c(F)c(F)c(F)c(F)c4F)CC3)n2)c(OC)c1. The van der Waals surface area contributed by atoms with Crippen molar-refractivity contribution in [1.29, 1.82) is 0 Å². The van der Waals surface area contributed by atoms with E-state index < -0.39 is 49.1 Å². The Morgan fingerprint density at radius 1 is 0.943 bits per heavy atom. The van der Waals surface area contributed by atoms with E-state index in [1.54, 1.807) is 28.5 Å². The van der Waals surface area contributed by atoms with Crippen molar-refractivity contribution in [3.05, 3.63) is 52.7 Å². The van der Waals surface area contributed by atoms with Crippen molar-refractivity contribution in [3.63, 3.8) is 0 Å². The molecule has 1 aliphatic heterocycles. The number of nitrogens with zero attached hydrogens (tertiary/aromatic N) is 2. The Bertz CT molecular complexity index is 1340. The van der Waals surface area contributed by atoms with Gasteiger partial charge in [-0.2, -0.15) is 0 Å². The first-order chi connectivity index (χ1) is 16.6. The van der Waals surface area contributed by atoms with E-state index in [-0.39, 0.29) is 25.9 Å². The van der Waals surface area contributed by atoms with Crippen LogP contribution < -0.4 is 14.4 Å². The third-order valence-corrected chi connectivity index (χ3v) is 8.96. The predicted molar refractivity (Wildman–Crippen MR) is 119 cm³/mol. The van der Waals surface area contributed by atoms with Crippen LogP contribution in [0, 0.1) is 29.1 Å². The van der Waals surface area contributed by atoms with Crippen LogP contribution in [0.4, 0.5) is 27.1 Å². The number of methoxy groups -OCH3 is 2. The zero-order valence-electron chi connectivity index (χ0n) is 18.4. The number of hydrogen-bond donors (Lipinski definition) is 0. The standard InChI is InChI=1S/C22H19F5N2O4S2/c1-32-11-3-4-13(15(9-11)33-2)14-10-34-22(28-14)29-7-5-12(6-8-29)35(30,31)21-19(26)17(24)16(23)18(25)20(21)27/h3-4,9-10,12H,5-8H2,1-2H3. The molecule has 35 heavy (non-hydrogen) atoms. The van der Waals surface area contributed by atoms with Gasteiger partial charge in [0.15, 0.2) is 38.2 Å². The van der Waals surface area contributed by atoms with E-state index in [1.807, 2.05) is 0 Å². The van der Waals surface area contributed by atoms with Crippen molar-refractivity contribution in [2.75, 3.05) is 32.2 Å². The third-order valence-electron chi connectivity index (χ3n) is 5.78. The first-order valence-electron chi connectivity index (χ1n) is 10.3. The molecule has 0 saturated carbocycles. The Labute approximate surface area is 201 Å². The van der Waals surface area contributed by atoms with Gasteiger partial charge in [-0.25, -0.2) is 35.4 Å². The monoisotopic (exact) mass is 534 g/mol. The molecule has 0 aliphatic carbocycles. The number of sulfone groups is 1.